The fourth-order valence-electron chi connectivity index (χ4n) is 5.39. The van der Waals surface area contributed by atoms with Crippen molar-refractivity contribution in [1.82, 2.24) is 9.97 Å². The normalized spacial score (nSPS) is 10.7. The first-order chi connectivity index (χ1) is 23.6. The molecule has 0 unspecified atom stereocenters. The second-order valence-corrected chi connectivity index (χ2v) is 11.2. The van der Waals surface area contributed by atoms with E-state index < -0.39 is 0 Å². The van der Waals surface area contributed by atoms with E-state index >= 15 is 0 Å². The maximum atomic E-state index is 13.5. The Hall–Kier alpha value is -6.66. The molecule has 6 heteroatoms. The molecule has 0 atom stereocenters. The number of amides is 2. The molecule has 0 fully saturated rings. The van der Waals surface area contributed by atoms with Gasteiger partial charge in [-0.3, -0.25) is 9.59 Å². The molecule has 5 aromatic carbocycles. The van der Waals surface area contributed by atoms with E-state index in [0.717, 1.165) is 22.3 Å². The lowest BCUT2D eigenvalue weighted by molar-refractivity contribution is 0.101. The molecular weight excluding hydrogens is 592 g/mol. The third-order valence-electron chi connectivity index (χ3n) is 7.85. The van der Waals surface area contributed by atoms with Gasteiger partial charge < -0.3 is 10.6 Å². The number of hydrogen-bond donors (Lipinski definition) is 2. The van der Waals surface area contributed by atoms with Crippen LogP contribution in [-0.2, 0) is 0 Å². The van der Waals surface area contributed by atoms with Gasteiger partial charge in [-0.25, -0.2) is 9.97 Å². The Morgan fingerprint density at radius 2 is 0.604 bits per heavy atom. The number of carbonyl (C=O) groups excluding carboxylic acids is 2. The summed E-state index contributed by atoms with van der Waals surface area (Å²) < 4.78 is 0. The summed E-state index contributed by atoms with van der Waals surface area (Å²) in [5.74, 6) is -0.524. The van der Waals surface area contributed by atoms with Crippen molar-refractivity contribution in [3.8, 4) is 45.0 Å². The van der Waals surface area contributed by atoms with Crippen molar-refractivity contribution in [2.45, 2.75) is 0 Å². The molecule has 2 aromatic heterocycles. The van der Waals surface area contributed by atoms with Crippen LogP contribution >= 0.6 is 0 Å². The molecule has 0 aliphatic carbocycles. The number of anilines is 2. The zero-order chi connectivity index (χ0) is 32.7. The number of benzene rings is 5. The highest BCUT2D eigenvalue weighted by Crippen LogP contribution is 2.27. The van der Waals surface area contributed by atoms with E-state index in [9.17, 15) is 9.59 Å². The maximum Gasteiger partial charge on any atom is 0.255 e. The van der Waals surface area contributed by atoms with E-state index in [1.807, 2.05) is 121 Å². The van der Waals surface area contributed by atoms with Crippen molar-refractivity contribution in [1.29, 1.82) is 0 Å². The smallest absolute Gasteiger partial charge is 0.255 e. The third kappa shape index (κ3) is 6.93. The Balaban J connectivity index is 1.11. The number of hydrogen-bond acceptors (Lipinski definition) is 4. The van der Waals surface area contributed by atoms with Crippen LogP contribution in [-0.4, -0.2) is 21.8 Å². The van der Waals surface area contributed by atoms with Crippen molar-refractivity contribution >= 4 is 23.2 Å². The molecule has 2 amide bonds. The molecule has 0 radical (unpaired) electrons. The van der Waals surface area contributed by atoms with Crippen molar-refractivity contribution in [2.75, 3.05) is 10.6 Å². The Labute approximate surface area is 278 Å². The van der Waals surface area contributed by atoms with Crippen molar-refractivity contribution in [3.63, 3.8) is 0 Å². The van der Waals surface area contributed by atoms with Gasteiger partial charge in [0.25, 0.3) is 11.8 Å². The van der Waals surface area contributed by atoms with Gasteiger partial charge in [0.2, 0.25) is 0 Å². The van der Waals surface area contributed by atoms with Crippen molar-refractivity contribution in [2.24, 2.45) is 0 Å². The fraction of sp³-hybridized carbons (Fsp3) is 0. The Bertz CT molecular complexity index is 1910. The summed E-state index contributed by atoms with van der Waals surface area (Å²) in [4.78, 5) is 36.7. The van der Waals surface area contributed by atoms with Gasteiger partial charge in [0, 0.05) is 44.8 Å². The summed E-state index contributed by atoms with van der Waals surface area (Å²) in [7, 11) is 0. The summed E-state index contributed by atoms with van der Waals surface area (Å²) in [5.41, 5.74) is 8.69. The van der Waals surface area contributed by atoms with Crippen LogP contribution in [0, 0.1) is 0 Å². The number of aromatic nitrogens is 2. The average Bonchev–Trinajstić information content (AvgIpc) is 3.16. The topological polar surface area (TPSA) is 84.0 Å². The van der Waals surface area contributed by atoms with Gasteiger partial charge >= 0.3 is 0 Å². The summed E-state index contributed by atoms with van der Waals surface area (Å²) in [6.45, 7) is 0. The molecule has 7 rings (SSSR count). The molecule has 0 spiro atoms. The largest absolute Gasteiger partial charge is 0.322 e. The molecule has 2 heterocycles. The highest BCUT2D eigenvalue weighted by atomic mass is 16.2. The van der Waals surface area contributed by atoms with Crippen LogP contribution in [0.4, 0.5) is 11.4 Å². The minimum Gasteiger partial charge on any atom is -0.322 e. The highest BCUT2D eigenvalue weighted by molar-refractivity contribution is 6.07. The zero-order valence-corrected chi connectivity index (χ0v) is 25.9. The van der Waals surface area contributed by atoms with Crippen molar-refractivity contribution in [3.05, 3.63) is 181 Å². The predicted molar refractivity (Wildman–Crippen MR) is 193 cm³/mol. The van der Waals surface area contributed by atoms with Gasteiger partial charge in [-0.05, 0) is 48.5 Å². The first-order valence-electron chi connectivity index (χ1n) is 15.6. The number of pyridine rings is 2. The fourth-order valence-corrected chi connectivity index (χ4v) is 5.39. The molecule has 48 heavy (non-hydrogen) atoms. The van der Waals surface area contributed by atoms with Crippen LogP contribution in [0.15, 0.2) is 170 Å². The van der Waals surface area contributed by atoms with Gasteiger partial charge in [0.15, 0.2) is 0 Å². The molecule has 0 bridgehead atoms. The number of rotatable bonds is 8. The lowest BCUT2D eigenvalue weighted by Gasteiger charge is -2.12. The minimum absolute atomic E-state index is 0.262. The Morgan fingerprint density at radius 1 is 0.354 bits per heavy atom. The number of carbonyl (C=O) groups is 2. The van der Waals surface area contributed by atoms with Gasteiger partial charge in [0.1, 0.15) is 0 Å². The maximum absolute atomic E-state index is 13.5. The second-order valence-electron chi connectivity index (χ2n) is 11.2. The molecule has 0 aliphatic heterocycles. The lowest BCUT2D eigenvalue weighted by Crippen LogP contribution is -2.14. The standard InChI is InChI=1S/C42H30N4O2/c47-41(33-25-37(29-13-5-1-6-14-29)45-38(26-33)30-15-7-2-8-16-30)43-35-21-23-36(24-22-35)44-42(48)34-27-39(31-17-9-3-10-18-31)46-40(28-34)32-19-11-4-12-20-32/h1-28H,(H,43,47)(H,44,48). The number of nitrogens with one attached hydrogen (secondary N) is 2. The van der Waals surface area contributed by atoms with E-state index in [2.05, 4.69) is 10.6 Å². The third-order valence-corrected chi connectivity index (χ3v) is 7.85. The van der Waals surface area contributed by atoms with Crippen LogP contribution in [0.3, 0.4) is 0 Å². The van der Waals surface area contributed by atoms with E-state index in [-0.39, 0.29) is 11.8 Å². The molecule has 6 nitrogen and oxygen atoms in total. The minimum atomic E-state index is -0.262. The first-order valence-corrected chi connectivity index (χ1v) is 15.6. The van der Waals surface area contributed by atoms with Crippen molar-refractivity contribution < 1.29 is 9.59 Å². The first kappa shape index (κ1) is 30.0. The van der Waals surface area contributed by atoms with Gasteiger partial charge in [-0.15, -0.1) is 0 Å². The Kier molecular flexibility index (Phi) is 8.61. The zero-order valence-electron chi connectivity index (χ0n) is 25.9. The van der Waals surface area contributed by atoms with E-state index in [1.165, 1.54) is 0 Å². The Morgan fingerprint density at radius 3 is 0.854 bits per heavy atom. The van der Waals surface area contributed by atoms with Crippen LogP contribution in [0.1, 0.15) is 20.7 Å². The van der Waals surface area contributed by atoms with Crippen LogP contribution in [0.25, 0.3) is 45.0 Å². The second kappa shape index (κ2) is 13.8. The number of nitrogens with zero attached hydrogens (tertiary/aromatic N) is 2. The van der Waals surface area contributed by atoms with Crippen LogP contribution < -0.4 is 10.6 Å². The summed E-state index contributed by atoms with van der Waals surface area (Å²) in [6, 6.07) is 53.5. The summed E-state index contributed by atoms with van der Waals surface area (Å²) in [5, 5.41) is 5.98. The molecule has 0 saturated carbocycles. The van der Waals surface area contributed by atoms with Crippen LogP contribution in [0.5, 0.6) is 0 Å². The molecule has 230 valence electrons. The predicted octanol–water partition coefficient (Wildman–Crippen LogP) is 9.65. The molecule has 7 aromatic rings. The van der Waals surface area contributed by atoms with E-state index in [1.54, 1.807) is 48.5 Å². The van der Waals surface area contributed by atoms with Crippen LogP contribution in [0.2, 0.25) is 0 Å². The molecule has 2 N–H and O–H groups in total. The molecule has 0 saturated heterocycles. The van der Waals surface area contributed by atoms with Gasteiger partial charge in [-0.2, -0.15) is 0 Å². The molecule has 0 aliphatic rings. The van der Waals surface area contributed by atoms with Gasteiger partial charge in [0.05, 0.1) is 22.8 Å². The summed E-state index contributed by atoms with van der Waals surface area (Å²) >= 11 is 0. The van der Waals surface area contributed by atoms with E-state index in [4.69, 9.17) is 9.97 Å². The average molecular weight is 623 g/mol. The quantitative estimate of drug-likeness (QED) is 0.177. The van der Waals surface area contributed by atoms with E-state index in [0.29, 0.717) is 45.3 Å². The monoisotopic (exact) mass is 622 g/mol. The lowest BCUT2D eigenvalue weighted by atomic mass is 10.0. The summed E-state index contributed by atoms with van der Waals surface area (Å²) in [6.07, 6.45) is 0. The highest BCUT2D eigenvalue weighted by Gasteiger charge is 2.15. The van der Waals surface area contributed by atoms with Gasteiger partial charge in [-0.1, -0.05) is 121 Å². The SMILES string of the molecule is O=C(Nc1ccc(NC(=O)c2cc(-c3ccccc3)nc(-c3ccccc3)c2)cc1)c1cc(-c2ccccc2)nc(-c2ccccc2)c1. The molecular formula is C42H30N4O2.